The number of ether oxygens (including phenoxy) is 8. The maximum atomic E-state index is 14.0. The highest BCUT2D eigenvalue weighted by molar-refractivity contribution is 6.04. The van der Waals surface area contributed by atoms with Crippen LogP contribution in [0.1, 0.15) is 254 Å². The molecule has 36 heteroatoms. The monoisotopic (exact) mass is 1860 g/mol. The Balaban J connectivity index is 1.28. The first kappa shape index (κ1) is 98.5. The first-order valence-electron chi connectivity index (χ1n) is 47.0. The molecule has 720 valence electrons. The van der Waals surface area contributed by atoms with Gasteiger partial charge in [-0.15, -0.1) is 0 Å². The van der Waals surface area contributed by atoms with Crippen molar-refractivity contribution in [1.82, 2.24) is 42.5 Å². The molecule has 8 bridgehead atoms. The van der Waals surface area contributed by atoms with E-state index in [1.54, 1.807) is 107 Å². The number of benzene rings is 8. The summed E-state index contributed by atoms with van der Waals surface area (Å²) in [5.41, 5.74) is 4.68. The van der Waals surface area contributed by atoms with Crippen LogP contribution in [0.5, 0.6) is 92.0 Å². The molecule has 16 amide bonds. The van der Waals surface area contributed by atoms with Gasteiger partial charge in [0.15, 0.2) is 46.0 Å². The number of urea groups is 4. The van der Waals surface area contributed by atoms with Crippen molar-refractivity contribution in [2.45, 2.75) is 209 Å². The molecule has 8 aromatic rings. The number of carbonyl (C=O) groups excluding carboxylic acids is 12. The van der Waals surface area contributed by atoms with Crippen LogP contribution in [0.25, 0.3) is 0 Å². The lowest BCUT2D eigenvalue weighted by Crippen LogP contribution is -2.35. The molecule has 4 heterocycles. The van der Waals surface area contributed by atoms with Gasteiger partial charge in [0.05, 0.1) is 45.5 Å². The van der Waals surface area contributed by atoms with Crippen molar-refractivity contribution in [3.63, 3.8) is 0 Å². The quantitative estimate of drug-likeness (QED) is 0.0162. The molecule has 13 rings (SSSR count). The fourth-order valence-electron chi connectivity index (χ4n) is 16.7. The van der Waals surface area contributed by atoms with E-state index >= 15 is 0 Å². The highest BCUT2D eigenvalue weighted by Crippen LogP contribution is 2.61. The maximum absolute atomic E-state index is 14.0. The SMILES string of the molecule is CCNC(=O)NCCCC1c2cc3c4cc2Oc2cc(NC(=O)CC)c(NC(=O)CC)cc2Oc2cc5c(cc21)C(CCCNC(=O)NCC)c1cc2c(cc1Oc1cc(NC(=O)CC)c(NC(=O)CC)cc1O5)Oc1cc(NC(=O)CC)c(NC(=O)CC)cc1Oc1cc(c(cc1C2CCCNC(=O)NCC)C3CCCNC(=O)NCC)Oc1cc(NC(=O)CC)c(NC(=O)CC)cc1O4. The summed E-state index contributed by atoms with van der Waals surface area (Å²) in [4.78, 5) is 167. The zero-order chi connectivity index (χ0) is 97.0. The highest BCUT2D eigenvalue weighted by atomic mass is 16.5. The van der Waals surface area contributed by atoms with E-state index in [9.17, 15) is 57.5 Å². The molecule has 5 aliphatic rings. The van der Waals surface area contributed by atoms with E-state index in [1.807, 2.05) is 24.3 Å². The van der Waals surface area contributed by atoms with Crippen molar-refractivity contribution in [2.75, 3.05) is 94.9 Å². The van der Waals surface area contributed by atoms with E-state index in [1.165, 1.54) is 48.5 Å². The van der Waals surface area contributed by atoms with Crippen LogP contribution in [0.3, 0.4) is 0 Å². The Hall–Kier alpha value is -15.0. The van der Waals surface area contributed by atoms with Gasteiger partial charge in [0.25, 0.3) is 0 Å². The van der Waals surface area contributed by atoms with Crippen molar-refractivity contribution in [2.24, 2.45) is 0 Å². The smallest absolute Gasteiger partial charge is 0.314 e. The third-order valence-corrected chi connectivity index (χ3v) is 23.6. The fraction of sp³-hybridized carbons (Fsp3) is 0.400. The third-order valence-electron chi connectivity index (χ3n) is 23.6. The van der Waals surface area contributed by atoms with E-state index in [4.69, 9.17) is 37.9 Å². The fourth-order valence-corrected chi connectivity index (χ4v) is 16.7. The van der Waals surface area contributed by atoms with Crippen molar-refractivity contribution in [3.8, 4) is 92.0 Å². The number of amides is 16. The van der Waals surface area contributed by atoms with Crippen LogP contribution >= 0.6 is 0 Å². The number of hydrogen-bond acceptors (Lipinski definition) is 20. The average Bonchev–Trinajstić information content (AvgIpc) is 1.60. The normalized spacial score (nSPS) is 14.4. The Labute approximate surface area is 788 Å². The summed E-state index contributed by atoms with van der Waals surface area (Å²) in [6.07, 6.45) is 1.74. The lowest BCUT2D eigenvalue weighted by molar-refractivity contribution is -0.116. The molecule has 0 unspecified atom stereocenters. The molecule has 0 atom stereocenters. The van der Waals surface area contributed by atoms with Gasteiger partial charge in [0.1, 0.15) is 46.0 Å². The number of rotatable bonds is 36. The number of nitrogens with one attached hydrogen (secondary N) is 16. The molecule has 16 N–H and O–H groups in total. The van der Waals surface area contributed by atoms with Crippen LogP contribution in [0.4, 0.5) is 64.7 Å². The Morgan fingerprint density at radius 1 is 0.191 bits per heavy atom. The van der Waals surface area contributed by atoms with Gasteiger partial charge in [0, 0.05) is 245 Å². The molecule has 8 aromatic carbocycles. The van der Waals surface area contributed by atoms with E-state index in [2.05, 4.69) is 85.1 Å². The van der Waals surface area contributed by atoms with Crippen LogP contribution in [0.2, 0.25) is 0 Å². The van der Waals surface area contributed by atoms with Crippen LogP contribution in [-0.2, 0) is 38.4 Å². The summed E-state index contributed by atoms with van der Waals surface area (Å²) in [6, 6.07) is 25.4. The minimum absolute atomic E-state index is 0.0104. The zero-order valence-corrected chi connectivity index (χ0v) is 78.7. The number of hydrogen-bond donors (Lipinski definition) is 16. The largest absolute Gasteiger partial charge is 0.453 e. The summed E-state index contributed by atoms with van der Waals surface area (Å²) in [6.45, 7) is 22.3. The van der Waals surface area contributed by atoms with Crippen LogP contribution < -0.4 is 123 Å². The third kappa shape index (κ3) is 23.6. The van der Waals surface area contributed by atoms with Crippen molar-refractivity contribution in [3.05, 3.63) is 142 Å². The minimum atomic E-state index is -0.938. The molecule has 136 heavy (non-hydrogen) atoms. The van der Waals surface area contributed by atoms with Crippen molar-refractivity contribution >= 4 is 117 Å². The van der Waals surface area contributed by atoms with Gasteiger partial charge >= 0.3 is 24.1 Å². The molecule has 0 spiro atoms. The molecule has 36 nitrogen and oxygen atoms in total. The second-order valence-corrected chi connectivity index (χ2v) is 33.0. The van der Waals surface area contributed by atoms with Crippen LogP contribution in [-0.4, -0.2) is 124 Å². The van der Waals surface area contributed by atoms with E-state index in [0.717, 1.165) is 0 Å². The van der Waals surface area contributed by atoms with E-state index < -0.39 is 95.1 Å². The van der Waals surface area contributed by atoms with Crippen LogP contribution in [0.15, 0.2) is 97.1 Å². The number of anilines is 8. The van der Waals surface area contributed by atoms with Crippen LogP contribution in [0, 0.1) is 0 Å². The molecular weight excluding hydrogens is 1750 g/mol. The number of carbonyl (C=O) groups is 12. The summed E-state index contributed by atoms with van der Waals surface area (Å²) in [5.74, 6) is -6.31. The summed E-state index contributed by atoms with van der Waals surface area (Å²) < 4.78 is 60.8. The van der Waals surface area contributed by atoms with Gasteiger partial charge < -0.3 is 123 Å². The lowest BCUT2D eigenvalue weighted by Gasteiger charge is -2.30. The van der Waals surface area contributed by atoms with E-state index in [0.29, 0.717) is 70.7 Å². The molecule has 4 aliphatic heterocycles. The Kier molecular flexibility index (Phi) is 33.0. The van der Waals surface area contributed by atoms with Gasteiger partial charge in [-0.05, 0) is 103 Å². The van der Waals surface area contributed by atoms with Gasteiger partial charge in [-0.2, -0.15) is 0 Å². The maximum Gasteiger partial charge on any atom is 0.314 e. The Morgan fingerprint density at radius 3 is 0.456 bits per heavy atom. The first-order valence-corrected chi connectivity index (χ1v) is 47.0. The van der Waals surface area contributed by atoms with Gasteiger partial charge in [-0.3, -0.25) is 38.4 Å². The lowest BCUT2D eigenvalue weighted by atomic mass is 9.76. The molecule has 1 aliphatic carbocycles. The molecule has 0 saturated carbocycles. The van der Waals surface area contributed by atoms with Gasteiger partial charge in [-0.1, -0.05) is 55.4 Å². The second kappa shape index (κ2) is 45.6. The van der Waals surface area contributed by atoms with E-state index in [-0.39, 0.29) is 266 Å². The van der Waals surface area contributed by atoms with Crippen molar-refractivity contribution < 1.29 is 95.4 Å². The minimum Gasteiger partial charge on any atom is -0.453 e. The summed E-state index contributed by atoms with van der Waals surface area (Å²) in [7, 11) is 0. The van der Waals surface area contributed by atoms with Gasteiger partial charge in [0.2, 0.25) is 47.3 Å². The number of fused-ring (bicyclic) bond motifs is 4. The highest BCUT2D eigenvalue weighted by Gasteiger charge is 2.41. The standard InChI is InChI=1S/C100H120N16O20/c1-13-89(117)109-65-41-81-82(42-66(65)110-90(118)14-2)130-74-50-76-60-38-58(74)53(29-25-33-105-97(125)101-21-9)57-37-59-54(30-26-34-106-98(126)102-22-10)61-39-63-56(32-28-36-108-100(128)104-24-12)64-40-62(55(60)31-27-35-107-99(127)103-23-11)78(134-86-46-70(114-94(122)18-6)69(45-85(86)132-76)113-93(121)17-5)52-80(64)136-88-48-72(116-96(124)20-8)71(115-95(123)19-7)47-87(88)135-79(63)51-77(61)133-84-44-68(112-92(120)16-4)67(111-91(119)15-3)43-83(84)131-75(59)49-73(57)129-81/h37-56H,13-36H2,1-12H3,(H,109,117)(H,110,118)(H,111,119)(H,112,120)(H,113,121)(H,114,122)(H,115,123)(H,116,124)(H2,101,105,125)(H2,102,106,126)(H2,103,107,127)(H2,104,108,128). The second-order valence-electron chi connectivity index (χ2n) is 33.0. The molecule has 0 radical (unpaired) electrons. The molecular formula is C100H120N16O20. The summed E-state index contributed by atoms with van der Waals surface area (Å²) in [5, 5.41) is 47.4. The molecule has 0 fully saturated rings. The molecule has 0 saturated heterocycles. The molecule has 0 aromatic heterocycles. The topological polar surface area (TPSA) is 471 Å². The summed E-state index contributed by atoms with van der Waals surface area (Å²) >= 11 is 0. The average molecular weight is 1870 g/mol. The Morgan fingerprint density at radius 2 is 0.331 bits per heavy atom. The first-order chi connectivity index (χ1) is 65.7. The zero-order valence-electron chi connectivity index (χ0n) is 78.7. The Bertz CT molecular complexity index is 4950. The predicted octanol–water partition coefficient (Wildman–Crippen LogP) is 19.3. The predicted molar refractivity (Wildman–Crippen MR) is 516 cm³/mol. The van der Waals surface area contributed by atoms with Gasteiger partial charge in [-0.25, -0.2) is 19.2 Å². The van der Waals surface area contributed by atoms with Crippen molar-refractivity contribution in [1.29, 1.82) is 0 Å².